The van der Waals surface area contributed by atoms with Crippen molar-refractivity contribution in [1.29, 1.82) is 0 Å². The number of rotatable bonds is 3. The van der Waals surface area contributed by atoms with E-state index in [0.717, 1.165) is 24.9 Å². The molecule has 3 rings (SSSR count). The quantitative estimate of drug-likeness (QED) is 0.842. The van der Waals surface area contributed by atoms with Gasteiger partial charge in [0.2, 0.25) is 10.0 Å². The van der Waals surface area contributed by atoms with E-state index >= 15 is 0 Å². The number of hydrogen-bond acceptors (Lipinski definition) is 3. The highest BCUT2D eigenvalue weighted by atomic mass is 32.2. The van der Waals surface area contributed by atoms with Crippen LogP contribution in [0.3, 0.4) is 0 Å². The minimum absolute atomic E-state index is 0.361. The third-order valence-corrected chi connectivity index (χ3v) is 7.21. The lowest BCUT2D eigenvalue weighted by Crippen LogP contribution is -2.42. The first-order valence-corrected chi connectivity index (χ1v) is 10.4. The van der Waals surface area contributed by atoms with Crippen LogP contribution in [-0.4, -0.2) is 50.8 Å². The molecular weight excluding hydrogens is 320 g/mol. The second-order valence-electron chi connectivity index (χ2n) is 7.31. The molecule has 0 radical (unpaired) electrons. The summed E-state index contributed by atoms with van der Waals surface area (Å²) >= 11 is 0. The lowest BCUT2D eigenvalue weighted by molar-refractivity contribution is 0.133. The monoisotopic (exact) mass is 348 g/mol. The molecule has 0 unspecified atom stereocenters. The Morgan fingerprint density at radius 3 is 2.33 bits per heavy atom. The van der Waals surface area contributed by atoms with Gasteiger partial charge >= 0.3 is 0 Å². The molecule has 4 nitrogen and oxygen atoms in total. The molecule has 1 spiro atoms. The zero-order valence-electron chi connectivity index (χ0n) is 14.5. The van der Waals surface area contributed by atoms with E-state index in [0.29, 0.717) is 18.5 Å². The van der Waals surface area contributed by atoms with Crippen LogP contribution in [0.5, 0.6) is 0 Å². The average Bonchev–Trinajstić information content (AvgIpc) is 2.77. The molecule has 0 bridgehead atoms. The molecule has 2 aliphatic rings. The summed E-state index contributed by atoms with van der Waals surface area (Å²) in [5.41, 5.74) is 1.28. The molecule has 0 aliphatic carbocycles. The molecule has 1 aromatic carbocycles. The van der Waals surface area contributed by atoms with Crippen molar-refractivity contribution < 1.29 is 8.42 Å². The van der Waals surface area contributed by atoms with Crippen LogP contribution in [0.4, 0.5) is 0 Å². The normalized spacial score (nSPS) is 23.5. The van der Waals surface area contributed by atoms with E-state index < -0.39 is 10.0 Å². The summed E-state index contributed by atoms with van der Waals surface area (Å²) in [5, 5.41) is 1.36. The van der Waals surface area contributed by atoms with E-state index in [-0.39, 0.29) is 0 Å². The first kappa shape index (κ1) is 17.6. The fraction of sp³-hybridized carbons (Fsp3) is 0.579. The summed E-state index contributed by atoms with van der Waals surface area (Å²) < 4.78 is 26.8. The molecule has 24 heavy (non-hydrogen) atoms. The Morgan fingerprint density at radius 2 is 1.62 bits per heavy atom. The number of piperidine rings is 1. The van der Waals surface area contributed by atoms with Crippen LogP contribution in [0.2, 0.25) is 0 Å². The predicted molar refractivity (Wildman–Crippen MR) is 99.0 cm³/mol. The largest absolute Gasteiger partial charge is 0.306 e. The number of benzene rings is 1. The van der Waals surface area contributed by atoms with Crippen LogP contribution in [0, 0.1) is 5.41 Å². The molecule has 2 heterocycles. The van der Waals surface area contributed by atoms with Gasteiger partial charge in [0, 0.05) is 18.5 Å². The standard InChI is InChI=1S/C19H28N2O2S/c1-20-13-5-9-19(10-14-20)11-15-21(16-12-19)24(22,23)17-8-18-6-3-2-4-7-18/h2-4,6-8,17H,5,9-16H2,1H3/b17-8+. The highest BCUT2D eigenvalue weighted by Crippen LogP contribution is 2.41. The molecule has 1 aromatic rings. The van der Waals surface area contributed by atoms with Crippen LogP contribution in [0.1, 0.15) is 37.7 Å². The maximum absolute atomic E-state index is 12.6. The fourth-order valence-corrected chi connectivity index (χ4v) is 5.11. The van der Waals surface area contributed by atoms with Gasteiger partial charge in [-0.15, -0.1) is 0 Å². The molecule has 2 aliphatic heterocycles. The van der Waals surface area contributed by atoms with Crippen molar-refractivity contribution in [1.82, 2.24) is 9.21 Å². The molecule has 0 atom stereocenters. The minimum atomic E-state index is -3.31. The zero-order valence-corrected chi connectivity index (χ0v) is 15.3. The van der Waals surface area contributed by atoms with E-state index in [1.165, 1.54) is 31.2 Å². The van der Waals surface area contributed by atoms with Crippen molar-refractivity contribution in [3.8, 4) is 0 Å². The van der Waals surface area contributed by atoms with Crippen LogP contribution < -0.4 is 0 Å². The summed E-state index contributed by atoms with van der Waals surface area (Å²) in [7, 11) is -1.13. The summed E-state index contributed by atoms with van der Waals surface area (Å²) in [6.45, 7) is 3.63. The number of sulfonamides is 1. The van der Waals surface area contributed by atoms with Crippen LogP contribution in [0.15, 0.2) is 35.7 Å². The molecule has 0 N–H and O–H groups in total. The van der Waals surface area contributed by atoms with Crippen LogP contribution >= 0.6 is 0 Å². The van der Waals surface area contributed by atoms with E-state index in [9.17, 15) is 8.42 Å². The molecule has 0 amide bonds. The van der Waals surface area contributed by atoms with Gasteiger partial charge in [0.05, 0.1) is 0 Å². The first-order valence-electron chi connectivity index (χ1n) is 8.91. The maximum atomic E-state index is 12.6. The van der Waals surface area contributed by atoms with Gasteiger partial charge in [-0.25, -0.2) is 8.42 Å². The summed E-state index contributed by atoms with van der Waals surface area (Å²) in [6.07, 6.45) is 7.37. The summed E-state index contributed by atoms with van der Waals surface area (Å²) in [6, 6.07) is 9.60. The van der Waals surface area contributed by atoms with Gasteiger partial charge in [0.15, 0.2) is 0 Å². The Labute approximate surface area is 146 Å². The van der Waals surface area contributed by atoms with Crippen molar-refractivity contribution in [2.75, 3.05) is 33.2 Å². The van der Waals surface area contributed by atoms with Crippen LogP contribution in [-0.2, 0) is 10.0 Å². The Morgan fingerprint density at radius 1 is 0.958 bits per heavy atom. The van der Waals surface area contributed by atoms with Crippen molar-refractivity contribution in [3.05, 3.63) is 41.3 Å². The molecule has 2 fully saturated rings. The van der Waals surface area contributed by atoms with Crippen molar-refractivity contribution in [2.45, 2.75) is 32.1 Å². The molecule has 0 saturated carbocycles. The smallest absolute Gasteiger partial charge is 0.236 e. The Kier molecular flexibility index (Phi) is 5.42. The van der Waals surface area contributed by atoms with E-state index in [1.54, 1.807) is 10.4 Å². The van der Waals surface area contributed by atoms with Crippen molar-refractivity contribution in [2.24, 2.45) is 5.41 Å². The maximum Gasteiger partial charge on any atom is 0.236 e. The SMILES string of the molecule is CN1CCCC2(CC1)CCN(S(=O)(=O)/C=C/c1ccccc1)CC2. The third kappa shape index (κ3) is 4.26. The highest BCUT2D eigenvalue weighted by Gasteiger charge is 2.37. The van der Waals surface area contributed by atoms with E-state index in [1.807, 2.05) is 30.3 Å². The van der Waals surface area contributed by atoms with Crippen molar-refractivity contribution in [3.63, 3.8) is 0 Å². The minimum Gasteiger partial charge on any atom is -0.306 e. The Bertz CT molecular complexity index is 662. The van der Waals surface area contributed by atoms with Gasteiger partial charge in [-0.2, -0.15) is 4.31 Å². The third-order valence-electron chi connectivity index (χ3n) is 5.65. The second kappa shape index (κ2) is 7.38. The lowest BCUT2D eigenvalue weighted by atomic mass is 9.73. The van der Waals surface area contributed by atoms with Gasteiger partial charge in [0.1, 0.15) is 0 Å². The fourth-order valence-electron chi connectivity index (χ4n) is 3.92. The zero-order chi connectivity index (χ0) is 17.0. The lowest BCUT2D eigenvalue weighted by Gasteiger charge is -2.40. The van der Waals surface area contributed by atoms with E-state index in [2.05, 4.69) is 11.9 Å². The topological polar surface area (TPSA) is 40.6 Å². The molecular formula is C19H28N2O2S. The van der Waals surface area contributed by atoms with Crippen LogP contribution in [0.25, 0.3) is 6.08 Å². The predicted octanol–water partition coefficient (Wildman–Crippen LogP) is 3.19. The molecule has 0 aromatic heterocycles. The molecule has 132 valence electrons. The van der Waals surface area contributed by atoms with Gasteiger partial charge in [0.25, 0.3) is 0 Å². The number of likely N-dealkylation sites (tertiary alicyclic amines) is 1. The molecule has 2 saturated heterocycles. The number of nitrogens with zero attached hydrogens (tertiary/aromatic N) is 2. The second-order valence-corrected chi connectivity index (χ2v) is 9.13. The van der Waals surface area contributed by atoms with Gasteiger partial charge in [-0.1, -0.05) is 30.3 Å². The Balaban J connectivity index is 1.62. The van der Waals surface area contributed by atoms with Crippen molar-refractivity contribution >= 4 is 16.1 Å². The number of hydrogen-bond donors (Lipinski definition) is 0. The molecule has 5 heteroatoms. The highest BCUT2D eigenvalue weighted by molar-refractivity contribution is 7.92. The van der Waals surface area contributed by atoms with Gasteiger partial charge < -0.3 is 4.90 Å². The summed E-state index contributed by atoms with van der Waals surface area (Å²) in [5.74, 6) is 0. The average molecular weight is 349 g/mol. The van der Waals surface area contributed by atoms with Gasteiger partial charge in [-0.05, 0) is 69.3 Å². The van der Waals surface area contributed by atoms with E-state index in [4.69, 9.17) is 0 Å². The van der Waals surface area contributed by atoms with Gasteiger partial charge in [-0.3, -0.25) is 0 Å². The Hall–Kier alpha value is -1.17. The first-order chi connectivity index (χ1) is 11.5. The summed E-state index contributed by atoms with van der Waals surface area (Å²) in [4.78, 5) is 2.40.